The Balaban J connectivity index is 1.30. The van der Waals surface area contributed by atoms with Gasteiger partial charge in [-0.25, -0.2) is 0 Å². The zero-order chi connectivity index (χ0) is 31.5. The van der Waals surface area contributed by atoms with Crippen LogP contribution >= 0.6 is 0 Å². The molecule has 44 heavy (non-hydrogen) atoms. The Morgan fingerprint density at radius 3 is 2.14 bits per heavy atom. The summed E-state index contributed by atoms with van der Waals surface area (Å²) in [6.45, 7) is 9.48. The quantitative estimate of drug-likeness (QED) is 0.282. The second-order valence-electron chi connectivity index (χ2n) is 12.9. The van der Waals surface area contributed by atoms with Crippen LogP contribution in [-0.2, 0) is 9.53 Å². The van der Waals surface area contributed by atoms with Gasteiger partial charge in [-0.05, 0) is 49.6 Å². The molecule has 2 aliphatic heterocycles. The number of amides is 1. The van der Waals surface area contributed by atoms with Crippen molar-refractivity contribution in [3.05, 3.63) is 95.6 Å². The van der Waals surface area contributed by atoms with Crippen molar-refractivity contribution in [2.45, 2.75) is 64.1 Å². The summed E-state index contributed by atoms with van der Waals surface area (Å²) in [6, 6.07) is 27.2. The zero-order valence-corrected chi connectivity index (χ0v) is 26.5. The summed E-state index contributed by atoms with van der Waals surface area (Å²) in [6.07, 6.45) is -0.485. The van der Waals surface area contributed by atoms with Crippen LogP contribution in [-0.4, -0.2) is 83.8 Å². The molecule has 2 fully saturated rings. The Kier molecular flexibility index (Phi) is 9.65. The van der Waals surface area contributed by atoms with Crippen molar-refractivity contribution < 1.29 is 29.2 Å². The van der Waals surface area contributed by atoms with Crippen molar-refractivity contribution >= 4 is 5.91 Å². The Hall–Kier alpha value is -3.43. The van der Waals surface area contributed by atoms with Gasteiger partial charge in [0.2, 0.25) is 5.91 Å². The third kappa shape index (κ3) is 7.10. The van der Waals surface area contributed by atoms with E-state index in [-0.39, 0.29) is 37.0 Å². The number of ether oxygens (including phenoxy) is 3. The van der Waals surface area contributed by atoms with Gasteiger partial charge < -0.3 is 29.3 Å². The maximum Gasteiger partial charge on any atom is 0.224 e. The third-order valence-electron chi connectivity index (χ3n) is 9.16. The number of carbonyl (C=O) groups is 1. The van der Waals surface area contributed by atoms with Crippen LogP contribution in [0.1, 0.15) is 62.8 Å². The largest absolute Gasteiger partial charge is 0.493 e. The molecule has 3 aromatic carbocycles. The van der Waals surface area contributed by atoms with Gasteiger partial charge in [0.05, 0.1) is 32.3 Å². The summed E-state index contributed by atoms with van der Waals surface area (Å²) in [5.41, 5.74) is 2.95. The number of aliphatic hydroxyl groups is 2. The SMILES string of the molecule is COc1ccc([C@@H]2CN(C(=O)CCOC(C)(C)O)C[C@@]2(C)[C@@H](C)O)cc1OC1CN(C(c2ccccc2)c2ccccc2)C1. The average molecular weight is 603 g/mol. The lowest BCUT2D eigenvalue weighted by molar-refractivity contribution is -0.178. The van der Waals surface area contributed by atoms with Crippen LogP contribution in [0.25, 0.3) is 0 Å². The van der Waals surface area contributed by atoms with E-state index < -0.39 is 17.3 Å². The van der Waals surface area contributed by atoms with E-state index in [1.807, 2.05) is 37.3 Å². The number of likely N-dealkylation sites (tertiary alicyclic amines) is 2. The molecule has 3 aromatic rings. The molecular weight excluding hydrogens is 556 g/mol. The molecule has 0 saturated carbocycles. The molecule has 1 amide bonds. The van der Waals surface area contributed by atoms with Crippen LogP contribution in [0.3, 0.4) is 0 Å². The standard InChI is InChI=1S/C36H46N2O6/c1-25(39)36(4)24-38(33(40)18-19-43-35(2,3)41)23-30(36)28-16-17-31(42-5)32(20-28)44-29-21-37(22-29)34(26-12-8-6-9-13-26)27-14-10-7-11-15-27/h6-17,20,25,29-30,34,39,41H,18-19,21-24H2,1-5H3/t25-,30+,36+/m1/s1. The van der Waals surface area contributed by atoms with E-state index in [0.717, 1.165) is 18.7 Å². The van der Waals surface area contributed by atoms with E-state index in [1.165, 1.54) is 11.1 Å². The maximum absolute atomic E-state index is 13.1. The lowest BCUT2D eigenvalue weighted by Gasteiger charge is -2.44. The normalized spacial score (nSPS) is 21.7. The van der Waals surface area contributed by atoms with Gasteiger partial charge in [-0.15, -0.1) is 0 Å². The predicted molar refractivity (Wildman–Crippen MR) is 170 cm³/mol. The van der Waals surface area contributed by atoms with Crippen LogP contribution in [0.4, 0.5) is 0 Å². The highest BCUT2D eigenvalue weighted by Crippen LogP contribution is 2.47. The van der Waals surface area contributed by atoms with Gasteiger partial charge in [0, 0.05) is 37.5 Å². The molecule has 0 aromatic heterocycles. The van der Waals surface area contributed by atoms with Crippen molar-refractivity contribution in [3.8, 4) is 11.5 Å². The van der Waals surface area contributed by atoms with Gasteiger partial charge >= 0.3 is 0 Å². The fourth-order valence-electron chi connectivity index (χ4n) is 6.48. The number of nitrogens with zero attached hydrogens (tertiary/aromatic N) is 2. The zero-order valence-electron chi connectivity index (χ0n) is 26.5. The van der Waals surface area contributed by atoms with Crippen molar-refractivity contribution in [2.75, 3.05) is 39.9 Å². The number of carbonyl (C=O) groups excluding carboxylic acids is 1. The highest BCUT2D eigenvalue weighted by molar-refractivity contribution is 5.77. The van der Waals surface area contributed by atoms with Gasteiger partial charge in [0.25, 0.3) is 0 Å². The summed E-state index contributed by atoms with van der Waals surface area (Å²) in [4.78, 5) is 17.3. The van der Waals surface area contributed by atoms with E-state index in [9.17, 15) is 15.0 Å². The van der Waals surface area contributed by atoms with E-state index in [1.54, 1.807) is 32.8 Å². The minimum atomic E-state index is -1.29. The smallest absolute Gasteiger partial charge is 0.224 e. The average Bonchev–Trinajstić information content (AvgIpc) is 3.35. The molecule has 0 spiro atoms. The molecule has 2 saturated heterocycles. The van der Waals surface area contributed by atoms with Gasteiger partial charge in [-0.2, -0.15) is 0 Å². The van der Waals surface area contributed by atoms with Crippen molar-refractivity contribution in [3.63, 3.8) is 0 Å². The summed E-state index contributed by atoms with van der Waals surface area (Å²) in [7, 11) is 1.64. The minimum Gasteiger partial charge on any atom is -0.493 e. The first kappa shape index (κ1) is 32.0. The second-order valence-corrected chi connectivity index (χ2v) is 12.9. The second kappa shape index (κ2) is 13.3. The summed E-state index contributed by atoms with van der Waals surface area (Å²) in [5.74, 6) is -0.128. The maximum atomic E-state index is 13.1. The number of rotatable bonds is 12. The molecule has 2 N–H and O–H groups in total. The number of hydrogen-bond donors (Lipinski definition) is 2. The summed E-state index contributed by atoms with van der Waals surface area (Å²) < 4.78 is 17.6. The topological polar surface area (TPSA) is 91.7 Å². The Labute approximate surface area is 261 Å². The minimum absolute atomic E-state index is 0.00495. The molecule has 0 bridgehead atoms. The lowest BCUT2D eigenvalue weighted by atomic mass is 9.72. The summed E-state index contributed by atoms with van der Waals surface area (Å²) in [5, 5.41) is 20.7. The molecule has 236 valence electrons. The molecule has 0 unspecified atom stereocenters. The molecule has 8 heteroatoms. The molecule has 0 aliphatic carbocycles. The fraction of sp³-hybridized carbons (Fsp3) is 0.472. The van der Waals surface area contributed by atoms with Gasteiger partial charge in [-0.3, -0.25) is 9.69 Å². The van der Waals surface area contributed by atoms with Crippen LogP contribution in [0, 0.1) is 5.41 Å². The van der Waals surface area contributed by atoms with E-state index in [0.29, 0.717) is 24.6 Å². The number of benzene rings is 3. The highest BCUT2D eigenvalue weighted by atomic mass is 16.6. The lowest BCUT2D eigenvalue weighted by Crippen LogP contribution is -2.55. The Bertz CT molecular complexity index is 1350. The van der Waals surface area contributed by atoms with E-state index >= 15 is 0 Å². The molecule has 5 rings (SSSR count). The molecule has 8 nitrogen and oxygen atoms in total. The van der Waals surface area contributed by atoms with E-state index in [4.69, 9.17) is 14.2 Å². The molecule has 3 atom stereocenters. The molecule has 2 aliphatic rings. The van der Waals surface area contributed by atoms with Gasteiger partial charge in [0.15, 0.2) is 17.3 Å². The van der Waals surface area contributed by atoms with Crippen molar-refractivity contribution in [1.29, 1.82) is 0 Å². The monoisotopic (exact) mass is 602 g/mol. The van der Waals surface area contributed by atoms with Crippen molar-refractivity contribution in [1.82, 2.24) is 9.80 Å². The van der Waals surface area contributed by atoms with Crippen LogP contribution < -0.4 is 9.47 Å². The first-order valence-electron chi connectivity index (χ1n) is 15.5. The first-order valence-corrected chi connectivity index (χ1v) is 15.5. The number of hydrogen-bond acceptors (Lipinski definition) is 7. The highest BCUT2D eigenvalue weighted by Gasteiger charge is 2.48. The predicted octanol–water partition coefficient (Wildman–Crippen LogP) is 5.00. The number of aliphatic hydroxyl groups excluding tert-OH is 1. The fourth-order valence-corrected chi connectivity index (χ4v) is 6.48. The Morgan fingerprint density at radius 2 is 1.59 bits per heavy atom. The van der Waals surface area contributed by atoms with Crippen LogP contribution in [0.2, 0.25) is 0 Å². The van der Waals surface area contributed by atoms with Crippen LogP contribution in [0.15, 0.2) is 78.9 Å². The van der Waals surface area contributed by atoms with Gasteiger partial charge in [0.1, 0.15) is 6.10 Å². The third-order valence-corrected chi connectivity index (χ3v) is 9.16. The first-order chi connectivity index (χ1) is 21.0. The van der Waals surface area contributed by atoms with Gasteiger partial charge in [-0.1, -0.05) is 73.7 Å². The van der Waals surface area contributed by atoms with Crippen LogP contribution in [0.5, 0.6) is 11.5 Å². The number of methoxy groups -OCH3 is 1. The molecule has 2 heterocycles. The Morgan fingerprint density at radius 1 is 0.977 bits per heavy atom. The molecular formula is C36H46N2O6. The van der Waals surface area contributed by atoms with Crippen molar-refractivity contribution in [2.24, 2.45) is 5.41 Å². The van der Waals surface area contributed by atoms with E-state index in [2.05, 4.69) is 53.4 Å². The molecule has 0 radical (unpaired) electrons. The summed E-state index contributed by atoms with van der Waals surface area (Å²) >= 11 is 0.